The average molecular weight is 433 g/mol. The number of halogens is 1. The van der Waals surface area contributed by atoms with Crippen LogP contribution < -0.4 is 10.1 Å². The summed E-state index contributed by atoms with van der Waals surface area (Å²) in [6.07, 6.45) is 5.25. The lowest BCUT2D eigenvalue weighted by Gasteiger charge is -2.14. The van der Waals surface area contributed by atoms with Crippen LogP contribution in [0.2, 0.25) is 0 Å². The van der Waals surface area contributed by atoms with Crippen LogP contribution in [-0.4, -0.2) is 25.7 Å². The third-order valence-electron chi connectivity index (χ3n) is 5.18. The van der Waals surface area contributed by atoms with Gasteiger partial charge in [-0.1, -0.05) is 13.8 Å². The molecule has 0 aliphatic rings. The quantitative estimate of drug-likeness (QED) is 0.448. The number of hydrogen-bond donors (Lipinski definition) is 1. The van der Waals surface area contributed by atoms with Crippen molar-refractivity contribution < 1.29 is 13.9 Å². The van der Waals surface area contributed by atoms with Gasteiger partial charge in [-0.2, -0.15) is 5.10 Å². The third kappa shape index (κ3) is 4.44. The molecule has 0 fully saturated rings. The molecule has 32 heavy (non-hydrogen) atoms. The summed E-state index contributed by atoms with van der Waals surface area (Å²) in [7, 11) is 0. The smallest absolute Gasteiger partial charge is 0.228 e. The van der Waals surface area contributed by atoms with Crippen LogP contribution in [0.25, 0.3) is 10.9 Å². The van der Waals surface area contributed by atoms with Gasteiger partial charge in [0.2, 0.25) is 11.8 Å². The van der Waals surface area contributed by atoms with E-state index in [0.717, 1.165) is 22.0 Å². The van der Waals surface area contributed by atoms with Gasteiger partial charge in [0, 0.05) is 30.1 Å². The summed E-state index contributed by atoms with van der Waals surface area (Å²) in [5.74, 6) is 0.913. The first-order chi connectivity index (χ1) is 15.3. The van der Waals surface area contributed by atoms with Crippen LogP contribution in [-0.2, 0) is 4.79 Å². The molecular weight excluding hydrogens is 409 g/mol. The van der Waals surface area contributed by atoms with E-state index in [4.69, 9.17) is 4.74 Å². The summed E-state index contributed by atoms with van der Waals surface area (Å²) in [4.78, 5) is 20.9. The summed E-state index contributed by atoms with van der Waals surface area (Å²) >= 11 is 0. The first kappa shape index (κ1) is 21.4. The Kier molecular flexibility index (Phi) is 5.85. The van der Waals surface area contributed by atoms with E-state index in [-0.39, 0.29) is 23.7 Å². The highest BCUT2D eigenvalue weighted by Crippen LogP contribution is 2.28. The van der Waals surface area contributed by atoms with Gasteiger partial charge < -0.3 is 10.1 Å². The minimum atomic E-state index is -0.319. The molecule has 3 aromatic heterocycles. The van der Waals surface area contributed by atoms with Crippen LogP contribution in [0.15, 0.2) is 55.0 Å². The van der Waals surface area contributed by atoms with Gasteiger partial charge in [0.05, 0.1) is 16.9 Å². The fraction of sp³-hybridized carbons (Fsp3) is 0.250. The van der Waals surface area contributed by atoms with Crippen molar-refractivity contribution in [1.82, 2.24) is 19.7 Å². The van der Waals surface area contributed by atoms with E-state index in [1.807, 2.05) is 50.7 Å². The highest BCUT2D eigenvalue weighted by Gasteiger charge is 2.17. The van der Waals surface area contributed by atoms with Gasteiger partial charge in [0.15, 0.2) is 0 Å². The molecular formula is C24H24FN5O2. The summed E-state index contributed by atoms with van der Waals surface area (Å²) in [5, 5.41) is 8.30. The number of pyridine rings is 2. The van der Waals surface area contributed by atoms with E-state index in [1.54, 1.807) is 24.5 Å². The first-order valence-corrected chi connectivity index (χ1v) is 10.4. The molecule has 1 amide bonds. The molecule has 7 nitrogen and oxygen atoms in total. The number of fused-ring (bicyclic) bond motifs is 1. The zero-order valence-electron chi connectivity index (χ0n) is 18.3. The van der Waals surface area contributed by atoms with E-state index in [2.05, 4.69) is 20.4 Å². The number of rotatable bonds is 6. The lowest BCUT2D eigenvalue weighted by Crippen LogP contribution is -2.18. The molecule has 3 heterocycles. The maximum Gasteiger partial charge on any atom is 0.228 e. The number of nitrogens with zero attached hydrogens (tertiary/aromatic N) is 4. The van der Waals surface area contributed by atoms with Crippen LogP contribution in [0, 0.1) is 18.7 Å². The molecule has 0 aliphatic carbocycles. The van der Waals surface area contributed by atoms with Crippen molar-refractivity contribution >= 4 is 22.6 Å². The molecule has 0 aliphatic heterocycles. The number of carbonyl (C=O) groups excluding carboxylic acids is 1. The van der Waals surface area contributed by atoms with Crippen molar-refractivity contribution in [2.45, 2.75) is 33.7 Å². The molecule has 164 valence electrons. The normalized spacial score (nSPS) is 12.2. The lowest BCUT2D eigenvalue weighted by atomic mass is 10.1. The third-order valence-corrected chi connectivity index (χ3v) is 5.18. The number of aryl methyl sites for hydroxylation is 1. The van der Waals surface area contributed by atoms with Crippen molar-refractivity contribution in [3.8, 4) is 11.6 Å². The molecule has 1 aromatic carbocycles. The maximum absolute atomic E-state index is 13.1. The Morgan fingerprint density at radius 3 is 2.56 bits per heavy atom. The topological polar surface area (TPSA) is 81.9 Å². The first-order valence-electron chi connectivity index (χ1n) is 10.4. The van der Waals surface area contributed by atoms with Gasteiger partial charge in [0.1, 0.15) is 17.4 Å². The minimum absolute atomic E-state index is 0.0950. The van der Waals surface area contributed by atoms with Crippen molar-refractivity contribution in [2.24, 2.45) is 5.92 Å². The van der Waals surface area contributed by atoms with Gasteiger partial charge in [-0.05, 0) is 55.8 Å². The van der Waals surface area contributed by atoms with E-state index in [9.17, 15) is 9.18 Å². The number of benzene rings is 1. The van der Waals surface area contributed by atoms with Gasteiger partial charge in [0.25, 0.3) is 0 Å². The van der Waals surface area contributed by atoms with E-state index in [1.165, 1.54) is 12.1 Å². The Bertz CT molecular complexity index is 1270. The zero-order chi connectivity index (χ0) is 22.8. The Hall–Kier alpha value is -3.81. The standard InChI is InChI=1S/C24H24FN5O2/c1-14(2)23(31)28-22-20-13-30(29-21(20)9-10-26-22)16(4)17-11-15(3)24(27-12-17)32-19-7-5-18(25)6-8-19/h5-14,16H,1-4H3,(H,26,28,31). The number of ether oxygens (including phenoxy) is 1. The van der Waals surface area contributed by atoms with Crippen molar-refractivity contribution in [1.29, 1.82) is 0 Å². The summed E-state index contributed by atoms with van der Waals surface area (Å²) in [6, 6.07) is 9.50. The fourth-order valence-corrected chi connectivity index (χ4v) is 3.21. The molecule has 0 saturated heterocycles. The highest BCUT2D eigenvalue weighted by molar-refractivity contribution is 5.99. The number of anilines is 1. The molecule has 0 saturated carbocycles. The second-order valence-corrected chi connectivity index (χ2v) is 7.97. The number of hydrogen-bond acceptors (Lipinski definition) is 5. The fourth-order valence-electron chi connectivity index (χ4n) is 3.21. The van der Waals surface area contributed by atoms with Crippen LogP contribution >= 0.6 is 0 Å². The number of amides is 1. The van der Waals surface area contributed by atoms with Gasteiger partial charge in [-0.15, -0.1) is 0 Å². The van der Waals surface area contributed by atoms with Crippen molar-refractivity contribution in [2.75, 3.05) is 5.32 Å². The van der Waals surface area contributed by atoms with E-state index >= 15 is 0 Å². The molecule has 4 rings (SSSR count). The molecule has 8 heteroatoms. The summed E-state index contributed by atoms with van der Waals surface area (Å²) < 4.78 is 20.7. The van der Waals surface area contributed by atoms with E-state index in [0.29, 0.717) is 17.4 Å². The summed E-state index contributed by atoms with van der Waals surface area (Å²) in [6.45, 7) is 7.59. The van der Waals surface area contributed by atoms with Crippen molar-refractivity contribution in [3.05, 3.63) is 71.9 Å². The molecule has 0 bridgehead atoms. The number of carbonyl (C=O) groups is 1. The second kappa shape index (κ2) is 8.74. The van der Waals surface area contributed by atoms with E-state index < -0.39 is 0 Å². The molecule has 4 aromatic rings. The predicted octanol–water partition coefficient (Wildman–Crippen LogP) is 5.27. The average Bonchev–Trinajstić information content (AvgIpc) is 3.21. The van der Waals surface area contributed by atoms with Crippen LogP contribution in [0.1, 0.15) is 37.9 Å². The molecule has 0 radical (unpaired) electrons. The van der Waals surface area contributed by atoms with Gasteiger partial charge in [-0.3, -0.25) is 9.48 Å². The largest absolute Gasteiger partial charge is 0.439 e. The van der Waals surface area contributed by atoms with Crippen molar-refractivity contribution in [3.63, 3.8) is 0 Å². The molecule has 1 N–H and O–H groups in total. The lowest BCUT2D eigenvalue weighted by molar-refractivity contribution is -0.118. The second-order valence-electron chi connectivity index (χ2n) is 7.97. The highest BCUT2D eigenvalue weighted by atomic mass is 19.1. The monoisotopic (exact) mass is 433 g/mol. The van der Waals surface area contributed by atoms with Gasteiger partial charge in [-0.25, -0.2) is 14.4 Å². The van der Waals surface area contributed by atoms with Crippen LogP contribution in [0.4, 0.5) is 10.2 Å². The SMILES string of the molecule is Cc1cc(C(C)n2cc3c(NC(=O)C(C)C)nccc3n2)cnc1Oc1ccc(F)cc1. The molecule has 1 unspecified atom stereocenters. The maximum atomic E-state index is 13.1. The van der Waals surface area contributed by atoms with Crippen LogP contribution in [0.5, 0.6) is 11.6 Å². The van der Waals surface area contributed by atoms with Crippen LogP contribution in [0.3, 0.4) is 0 Å². The number of nitrogens with one attached hydrogen (secondary N) is 1. The minimum Gasteiger partial charge on any atom is -0.439 e. The number of aromatic nitrogens is 4. The Labute approximate surface area is 185 Å². The van der Waals surface area contributed by atoms with Gasteiger partial charge >= 0.3 is 0 Å². The zero-order valence-corrected chi connectivity index (χ0v) is 18.3. The Balaban J connectivity index is 1.58. The molecule has 1 atom stereocenters. The Morgan fingerprint density at radius 2 is 1.88 bits per heavy atom. The molecule has 0 spiro atoms. The predicted molar refractivity (Wildman–Crippen MR) is 120 cm³/mol. The Morgan fingerprint density at radius 1 is 1.12 bits per heavy atom. The summed E-state index contributed by atoms with van der Waals surface area (Å²) in [5.41, 5.74) is 2.54.